The Hall–Kier alpha value is -2.14. The van der Waals surface area contributed by atoms with E-state index in [1.165, 1.54) is 17.7 Å². The summed E-state index contributed by atoms with van der Waals surface area (Å²) in [6.45, 7) is 14.0. The molecular weight excluding hydrogens is 367 g/mol. The monoisotopic (exact) mass is 400 g/mol. The molecule has 1 aromatic carbocycles. The van der Waals surface area contributed by atoms with Crippen LogP contribution >= 0.6 is 0 Å². The van der Waals surface area contributed by atoms with Gasteiger partial charge in [-0.2, -0.15) is 0 Å². The Kier molecular flexibility index (Phi) is 6.78. The van der Waals surface area contributed by atoms with Gasteiger partial charge in [0.2, 0.25) is 5.91 Å². The Bertz CT molecular complexity index is 808. The topological polar surface area (TPSA) is 36.7 Å². The molecule has 1 aromatic heterocycles. The van der Waals surface area contributed by atoms with Crippen molar-refractivity contribution in [2.45, 2.75) is 47.1 Å². The zero-order valence-corrected chi connectivity index (χ0v) is 18.2. The van der Waals surface area contributed by atoms with Crippen LogP contribution in [0, 0.1) is 31.5 Å². The van der Waals surface area contributed by atoms with Gasteiger partial charge in [0.05, 0.1) is 6.54 Å². The van der Waals surface area contributed by atoms with Crippen molar-refractivity contribution < 1.29 is 13.6 Å². The van der Waals surface area contributed by atoms with Crippen molar-refractivity contribution in [1.82, 2.24) is 9.80 Å². The van der Waals surface area contributed by atoms with Crippen molar-refractivity contribution in [3.8, 4) is 0 Å². The van der Waals surface area contributed by atoms with E-state index in [1.807, 2.05) is 24.0 Å². The van der Waals surface area contributed by atoms with Crippen LogP contribution in [0.15, 0.2) is 34.7 Å². The third-order valence-electron chi connectivity index (χ3n) is 5.90. The van der Waals surface area contributed by atoms with E-state index in [9.17, 15) is 9.18 Å². The molecule has 0 radical (unpaired) electrons. The summed E-state index contributed by atoms with van der Waals surface area (Å²) in [6.07, 6.45) is 0. The van der Waals surface area contributed by atoms with Gasteiger partial charge in [0.15, 0.2) is 0 Å². The first-order valence-corrected chi connectivity index (χ1v) is 10.5. The number of nitrogens with zero attached hydrogens (tertiary/aromatic N) is 2. The van der Waals surface area contributed by atoms with Crippen LogP contribution in [0.25, 0.3) is 0 Å². The number of hydrogen-bond donors (Lipinski definition) is 0. The fraction of sp³-hybridized carbons (Fsp3) is 0.542. The summed E-state index contributed by atoms with van der Waals surface area (Å²) < 4.78 is 19.3. The zero-order chi connectivity index (χ0) is 21.1. The Morgan fingerprint density at radius 3 is 2.48 bits per heavy atom. The first-order valence-electron chi connectivity index (χ1n) is 10.5. The molecule has 158 valence electrons. The molecule has 0 spiro atoms. The Morgan fingerprint density at radius 1 is 1.24 bits per heavy atom. The highest BCUT2D eigenvalue weighted by atomic mass is 19.1. The van der Waals surface area contributed by atoms with Crippen LogP contribution in [0.2, 0.25) is 0 Å². The number of rotatable bonds is 7. The number of amides is 1. The minimum Gasteiger partial charge on any atom is -0.465 e. The standard InChI is InChI=1S/C24H33FN2O2/c1-16(2)11-27(19(5)28)13-21-12-26(14-23-10-17(3)18(4)29-23)15-24(21)20-6-8-22(25)9-7-20/h6-10,16,21,24H,11-15H2,1-5H3. The second kappa shape index (κ2) is 9.12. The van der Waals surface area contributed by atoms with Gasteiger partial charge in [0, 0.05) is 39.0 Å². The molecule has 5 heteroatoms. The van der Waals surface area contributed by atoms with Gasteiger partial charge in [-0.3, -0.25) is 9.69 Å². The van der Waals surface area contributed by atoms with E-state index in [4.69, 9.17) is 4.42 Å². The molecule has 1 saturated heterocycles. The lowest BCUT2D eigenvalue weighted by molar-refractivity contribution is -0.130. The molecule has 0 N–H and O–H groups in total. The van der Waals surface area contributed by atoms with Crippen LogP contribution < -0.4 is 0 Å². The highest BCUT2D eigenvalue weighted by Crippen LogP contribution is 2.34. The lowest BCUT2D eigenvalue weighted by Gasteiger charge is -2.29. The summed E-state index contributed by atoms with van der Waals surface area (Å²) in [7, 11) is 0. The van der Waals surface area contributed by atoms with Gasteiger partial charge in [0.1, 0.15) is 17.3 Å². The number of likely N-dealkylation sites (tertiary alicyclic amines) is 1. The maximum atomic E-state index is 13.5. The van der Waals surface area contributed by atoms with Crippen LogP contribution in [0.1, 0.15) is 49.3 Å². The number of aryl methyl sites for hydroxylation is 2. The lowest BCUT2D eigenvalue weighted by Crippen LogP contribution is -2.38. The molecule has 3 rings (SSSR count). The van der Waals surface area contributed by atoms with Gasteiger partial charge in [-0.1, -0.05) is 26.0 Å². The SMILES string of the molecule is CC(=O)N(CC(C)C)CC1CN(Cc2cc(C)c(C)o2)CC1c1ccc(F)cc1. The molecule has 1 aliphatic rings. The average molecular weight is 401 g/mol. The van der Waals surface area contributed by atoms with Crippen LogP contribution in [0.4, 0.5) is 4.39 Å². The first kappa shape index (κ1) is 21.6. The van der Waals surface area contributed by atoms with Gasteiger partial charge < -0.3 is 9.32 Å². The maximum Gasteiger partial charge on any atom is 0.219 e. The normalized spacial score (nSPS) is 19.8. The maximum absolute atomic E-state index is 13.5. The first-order chi connectivity index (χ1) is 13.7. The summed E-state index contributed by atoms with van der Waals surface area (Å²) in [5.74, 6) is 2.84. The smallest absolute Gasteiger partial charge is 0.219 e. The summed E-state index contributed by atoms with van der Waals surface area (Å²) in [4.78, 5) is 16.6. The largest absolute Gasteiger partial charge is 0.465 e. The zero-order valence-electron chi connectivity index (χ0n) is 18.2. The van der Waals surface area contributed by atoms with E-state index in [2.05, 4.69) is 31.7 Å². The molecule has 29 heavy (non-hydrogen) atoms. The predicted octanol–water partition coefficient (Wildman–Crippen LogP) is 4.76. The molecule has 0 saturated carbocycles. The Morgan fingerprint density at radius 2 is 1.93 bits per heavy atom. The fourth-order valence-corrected chi connectivity index (χ4v) is 4.37. The number of carbonyl (C=O) groups excluding carboxylic acids is 1. The van der Waals surface area contributed by atoms with Crippen molar-refractivity contribution in [1.29, 1.82) is 0 Å². The third-order valence-corrected chi connectivity index (χ3v) is 5.90. The second-order valence-electron chi connectivity index (χ2n) is 8.88. The van der Waals surface area contributed by atoms with Crippen molar-refractivity contribution in [2.75, 3.05) is 26.2 Å². The quantitative estimate of drug-likeness (QED) is 0.673. The summed E-state index contributed by atoms with van der Waals surface area (Å²) in [5.41, 5.74) is 2.31. The highest BCUT2D eigenvalue weighted by molar-refractivity contribution is 5.73. The van der Waals surface area contributed by atoms with Crippen molar-refractivity contribution >= 4 is 5.91 Å². The van der Waals surface area contributed by atoms with E-state index < -0.39 is 0 Å². The molecule has 0 aliphatic carbocycles. The molecule has 2 unspecified atom stereocenters. The predicted molar refractivity (Wildman–Crippen MR) is 113 cm³/mol. The number of hydrogen-bond acceptors (Lipinski definition) is 3. The van der Waals surface area contributed by atoms with Crippen molar-refractivity contribution in [2.24, 2.45) is 11.8 Å². The lowest BCUT2D eigenvalue weighted by atomic mass is 9.88. The van der Waals surface area contributed by atoms with Gasteiger partial charge in [-0.05, 0) is 55.0 Å². The van der Waals surface area contributed by atoms with Gasteiger partial charge in [-0.15, -0.1) is 0 Å². The number of furan rings is 1. The van der Waals surface area contributed by atoms with Gasteiger partial charge >= 0.3 is 0 Å². The minimum atomic E-state index is -0.216. The molecule has 1 fully saturated rings. The van der Waals surface area contributed by atoms with Gasteiger partial charge in [-0.25, -0.2) is 4.39 Å². The van der Waals surface area contributed by atoms with Crippen LogP contribution in [0.5, 0.6) is 0 Å². The average Bonchev–Trinajstić information content (AvgIpc) is 3.17. The highest BCUT2D eigenvalue weighted by Gasteiger charge is 2.35. The Balaban J connectivity index is 1.79. The molecule has 1 aliphatic heterocycles. The summed E-state index contributed by atoms with van der Waals surface area (Å²) in [5, 5.41) is 0. The van der Waals surface area contributed by atoms with E-state index in [1.54, 1.807) is 6.92 Å². The van der Waals surface area contributed by atoms with Crippen molar-refractivity contribution in [3.63, 3.8) is 0 Å². The van der Waals surface area contributed by atoms with E-state index in [0.29, 0.717) is 11.8 Å². The van der Waals surface area contributed by atoms with Crippen molar-refractivity contribution in [3.05, 3.63) is 58.8 Å². The fourth-order valence-electron chi connectivity index (χ4n) is 4.37. The van der Waals surface area contributed by atoms with E-state index in [0.717, 1.165) is 49.8 Å². The van der Waals surface area contributed by atoms with Crippen LogP contribution in [-0.4, -0.2) is 41.9 Å². The van der Waals surface area contributed by atoms with E-state index in [-0.39, 0.29) is 17.6 Å². The van der Waals surface area contributed by atoms with E-state index >= 15 is 0 Å². The Labute approximate surface area is 173 Å². The summed E-state index contributed by atoms with van der Waals surface area (Å²) >= 11 is 0. The number of benzene rings is 1. The minimum absolute atomic E-state index is 0.118. The summed E-state index contributed by atoms with van der Waals surface area (Å²) in [6, 6.07) is 8.95. The second-order valence-corrected chi connectivity index (χ2v) is 8.88. The number of halogens is 1. The molecule has 1 amide bonds. The molecule has 2 heterocycles. The molecule has 4 nitrogen and oxygen atoms in total. The molecule has 0 bridgehead atoms. The van der Waals surface area contributed by atoms with Crippen LogP contribution in [-0.2, 0) is 11.3 Å². The number of carbonyl (C=O) groups is 1. The van der Waals surface area contributed by atoms with Gasteiger partial charge in [0.25, 0.3) is 0 Å². The molecular formula is C24H33FN2O2. The molecule has 2 atom stereocenters. The molecule has 2 aromatic rings. The third kappa shape index (κ3) is 5.47. The van der Waals surface area contributed by atoms with Crippen LogP contribution in [0.3, 0.4) is 0 Å².